The van der Waals surface area contributed by atoms with Crippen LogP contribution in [0.5, 0.6) is 0 Å². The molecule has 2 aromatic rings. The quantitative estimate of drug-likeness (QED) is 0.148. The number of carbonyl (C=O) groups excluding carboxylic acids is 5. The maximum atomic E-state index is 12.9. The number of nitrogens with zero attached hydrogens (tertiary/aromatic N) is 3. The molecule has 0 unspecified atom stereocenters. The van der Waals surface area contributed by atoms with Gasteiger partial charge in [0.25, 0.3) is 0 Å². The van der Waals surface area contributed by atoms with E-state index in [4.69, 9.17) is 23.7 Å². The lowest BCUT2D eigenvalue weighted by molar-refractivity contribution is -0.160. The molecule has 0 atom stereocenters. The number of rotatable bonds is 20. The van der Waals surface area contributed by atoms with Gasteiger partial charge in [-0.05, 0) is 52.7 Å². The van der Waals surface area contributed by atoms with Crippen LogP contribution in [0.25, 0.3) is 0 Å². The molecule has 0 saturated heterocycles. The molecule has 0 saturated carbocycles. The predicted octanol–water partition coefficient (Wildman–Crippen LogP) is 3.24. The first-order valence-corrected chi connectivity index (χ1v) is 16.6. The summed E-state index contributed by atoms with van der Waals surface area (Å²) in [5.74, 6) is -2.62. The van der Waals surface area contributed by atoms with E-state index in [0.717, 1.165) is 11.1 Å². The lowest BCUT2D eigenvalue weighted by Gasteiger charge is -2.29. The zero-order valence-electron chi connectivity index (χ0n) is 30.5. The molecule has 2 aromatic carbocycles. The van der Waals surface area contributed by atoms with E-state index < -0.39 is 41.0 Å². The van der Waals surface area contributed by atoms with Crippen LogP contribution in [0.4, 0.5) is 0 Å². The molecule has 2 rings (SSSR count). The second-order valence-electron chi connectivity index (χ2n) is 13.7. The normalized spacial score (nSPS) is 11.7. The first-order chi connectivity index (χ1) is 23.5. The molecule has 276 valence electrons. The van der Waals surface area contributed by atoms with Gasteiger partial charge in [0.1, 0.15) is 24.4 Å². The van der Waals surface area contributed by atoms with E-state index in [1.54, 1.807) is 56.2 Å². The van der Waals surface area contributed by atoms with Crippen molar-refractivity contribution in [1.82, 2.24) is 14.7 Å². The lowest BCUT2D eigenvalue weighted by atomic mass is 10.2. The van der Waals surface area contributed by atoms with Gasteiger partial charge in [0.2, 0.25) is 0 Å². The zero-order chi connectivity index (χ0) is 37.2. The van der Waals surface area contributed by atoms with Crippen LogP contribution in [0, 0.1) is 0 Å². The highest BCUT2D eigenvalue weighted by molar-refractivity contribution is 5.76. The average Bonchev–Trinajstić information content (AvgIpc) is 3.02. The van der Waals surface area contributed by atoms with E-state index in [1.165, 1.54) is 7.11 Å². The molecule has 0 fully saturated rings. The molecule has 0 aliphatic carbocycles. The van der Waals surface area contributed by atoms with Crippen molar-refractivity contribution in [2.45, 2.75) is 66.0 Å². The number of carbonyl (C=O) groups is 5. The van der Waals surface area contributed by atoms with E-state index in [0.29, 0.717) is 0 Å². The second-order valence-corrected chi connectivity index (χ2v) is 13.7. The number of esters is 5. The zero-order valence-corrected chi connectivity index (χ0v) is 30.5. The molecule has 0 bridgehead atoms. The largest absolute Gasteiger partial charge is 0.468 e. The van der Waals surface area contributed by atoms with E-state index in [-0.39, 0.29) is 72.1 Å². The van der Waals surface area contributed by atoms with Crippen LogP contribution in [0.15, 0.2) is 60.7 Å². The molecule has 0 heterocycles. The third kappa shape index (κ3) is 19.6. The maximum Gasteiger partial charge on any atom is 0.320 e. The van der Waals surface area contributed by atoms with Crippen molar-refractivity contribution in [3.05, 3.63) is 71.8 Å². The van der Waals surface area contributed by atoms with Gasteiger partial charge >= 0.3 is 29.8 Å². The molecule has 13 heteroatoms. The Morgan fingerprint density at radius 3 is 1.14 bits per heavy atom. The van der Waals surface area contributed by atoms with Gasteiger partial charge in [-0.2, -0.15) is 0 Å². The number of hydrogen-bond donors (Lipinski definition) is 0. The molecular formula is C37H53N3O10. The highest BCUT2D eigenvalue weighted by atomic mass is 16.6. The molecule has 0 spiro atoms. The summed E-state index contributed by atoms with van der Waals surface area (Å²) in [6, 6.07) is 18.5. The summed E-state index contributed by atoms with van der Waals surface area (Å²) in [4.78, 5) is 68.5. The number of ether oxygens (including phenoxy) is 5. The van der Waals surface area contributed by atoms with E-state index in [2.05, 4.69) is 0 Å². The predicted molar refractivity (Wildman–Crippen MR) is 186 cm³/mol. The van der Waals surface area contributed by atoms with Gasteiger partial charge in [0.05, 0.1) is 39.8 Å². The van der Waals surface area contributed by atoms with Crippen molar-refractivity contribution in [1.29, 1.82) is 0 Å². The fourth-order valence-corrected chi connectivity index (χ4v) is 4.56. The standard InChI is InChI=1S/C37H53N3O10/c1-36(2,3)49-34(44)25-40(26-35(45)50-37(4,5)6)21-19-38(22-31(41)46-7)18-20-39(23-32(42)47-27-29-14-10-8-11-15-29)24-33(43)48-28-30-16-12-9-13-17-30/h8-17H,18-28H2,1-7H3. The number of hydrogen-bond acceptors (Lipinski definition) is 13. The van der Waals surface area contributed by atoms with Gasteiger partial charge in [-0.15, -0.1) is 0 Å². The first kappa shape index (κ1) is 41.8. The van der Waals surface area contributed by atoms with Crippen molar-refractivity contribution in [2.75, 3.05) is 66.0 Å². The SMILES string of the molecule is COC(=O)CN(CCN(CC(=O)OCc1ccccc1)CC(=O)OCc1ccccc1)CCN(CC(=O)OC(C)(C)C)CC(=O)OC(C)(C)C. The Balaban J connectivity index is 2.15. The third-order valence-electron chi connectivity index (χ3n) is 6.78. The van der Waals surface area contributed by atoms with Crippen molar-refractivity contribution < 1.29 is 47.7 Å². The Morgan fingerprint density at radius 2 is 0.800 bits per heavy atom. The summed E-state index contributed by atoms with van der Waals surface area (Å²) < 4.78 is 26.8. The molecule has 0 N–H and O–H groups in total. The van der Waals surface area contributed by atoms with Gasteiger partial charge in [-0.1, -0.05) is 60.7 Å². The smallest absolute Gasteiger partial charge is 0.320 e. The minimum Gasteiger partial charge on any atom is -0.468 e. The van der Waals surface area contributed by atoms with Gasteiger partial charge in [-0.3, -0.25) is 38.7 Å². The van der Waals surface area contributed by atoms with E-state index in [9.17, 15) is 24.0 Å². The summed E-state index contributed by atoms with van der Waals surface area (Å²) in [7, 11) is 1.27. The Labute approximate surface area is 295 Å². The Kier molecular flexibility index (Phi) is 17.6. The minimum atomic E-state index is -0.723. The van der Waals surface area contributed by atoms with Gasteiger partial charge in [-0.25, -0.2) is 0 Å². The summed E-state index contributed by atoms with van der Waals surface area (Å²) in [5, 5.41) is 0. The van der Waals surface area contributed by atoms with Gasteiger partial charge < -0.3 is 23.7 Å². The average molecular weight is 700 g/mol. The molecule has 0 amide bonds. The fourth-order valence-electron chi connectivity index (χ4n) is 4.56. The highest BCUT2D eigenvalue weighted by Gasteiger charge is 2.25. The second kappa shape index (κ2) is 21.0. The molecule has 0 radical (unpaired) electrons. The summed E-state index contributed by atoms with van der Waals surface area (Å²) in [6.07, 6.45) is 0. The summed E-state index contributed by atoms with van der Waals surface area (Å²) in [6.45, 7) is 10.6. The van der Waals surface area contributed by atoms with Crippen molar-refractivity contribution in [3.8, 4) is 0 Å². The summed E-state index contributed by atoms with van der Waals surface area (Å²) >= 11 is 0. The Hall–Kier alpha value is -4.33. The van der Waals surface area contributed by atoms with Crippen LogP contribution in [0.1, 0.15) is 52.7 Å². The molecular weight excluding hydrogens is 646 g/mol. The van der Waals surface area contributed by atoms with Crippen LogP contribution in [0.2, 0.25) is 0 Å². The van der Waals surface area contributed by atoms with Crippen LogP contribution < -0.4 is 0 Å². The van der Waals surface area contributed by atoms with Crippen LogP contribution in [0.3, 0.4) is 0 Å². The van der Waals surface area contributed by atoms with Crippen LogP contribution >= 0.6 is 0 Å². The van der Waals surface area contributed by atoms with E-state index in [1.807, 2.05) is 60.7 Å². The fraction of sp³-hybridized carbons (Fsp3) is 0.541. The Bertz CT molecular complexity index is 1270. The van der Waals surface area contributed by atoms with Crippen molar-refractivity contribution in [2.24, 2.45) is 0 Å². The highest BCUT2D eigenvalue weighted by Crippen LogP contribution is 2.11. The van der Waals surface area contributed by atoms with Crippen LogP contribution in [-0.2, 0) is 60.9 Å². The van der Waals surface area contributed by atoms with Crippen LogP contribution in [-0.4, -0.2) is 122 Å². The molecule has 50 heavy (non-hydrogen) atoms. The Morgan fingerprint density at radius 1 is 0.480 bits per heavy atom. The molecule has 0 aliphatic heterocycles. The maximum absolute atomic E-state index is 12.9. The topological polar surface area (TPSA) is 141 Å². The first-order valence-electron chi connectivity index (χ1n) is 16.6. The molecule has 0 aliphatic rings. The number of benzene rings is 2. The van der Waals surface area contributed by atoms with Gasteiger partial charge in [0.15, 0.2) is 0 Å². The number of methoxy groups -OCH3 is 1. The lowest BCUT2D eigenvalue weighted by Crippen LogP contribution is -2.46. The third-order valence-corrected chi connectivity index (χ3v) is 6.78. The monoisotopic (exact) mass is 699 g/mol. The van der Waals surface area contributed by atoms with E-state index >= 15 is 0 Å². The molecule has 13 nitrogen and oxygen atoms in total. The van der Waals surface area contributed by atoms with Gasteiger partial charge in [0, 0.05) is 26.2 Å². The van der Waals surface area contributed by atoms with Crippen molar-refractivity contribution in [3.63, 3.8) is 0 Å². The minimum absolute atomic E-state index is 0.0750. The van der Waals surface area contributed by atoms with Crippen molar-refractivity contribution >= 4 is 29.8 Å². The summed E-state index contributed by atoms with van der Waals surface area (Å²) in [5.41, 5.74) is 0.196. The molecule has 0 aromatic heterocycles.